The van der Waals surface area contributed by atoms with Crippen molar-refractivity contribution in [3.8, 4) is 0 Å². The predicted octanol–water partition coefficient (Wildman–Crippen LogP) is 4.73. The van der Waals surface area contributed by atoms with E-state index in [1.54, 1.807) is 0 Å². The number of fused-ring (bicyclic) bond motifs is 1. The lowest BCUT2D eigenvalue weighted by atomic mass is 9.91. The fourth-order valence-electron chi connectivity index (χ4n) is 4.07. The van der Waals surface area contributed by atoms with E-state index in [-0.39, 0.29) is 11.9 Å². The first kappa shape index (κ1) is 20.1. The van der Waals surface area contributed by atoms with Gasteiger partial charge in [-0.2, -0.15) is 0 Å². The van der Waals surface area contributed by atoms with E-state index in [1.807, 2.05) is 11.3 Å². The fraction of sp³-hybridized carbons (Fsp3) is 0.522. The smallest absolute Gasteiger partial charge is 0.234 e. The number of rotatable bonds is 7. The zero-order valence-corrected chi connectivity index (χ0v) is 17.9. The lowest BCUT2D eigenvalue weighted by Gasteiger charge is -2.36. The molecule has 0 fully saturated rings. The van der Waals surface area contributed by atoms with Crippen molar-refractivity contribution in [2.24, 2.45) is 5.92 Å². The molecule has 1 aromatic carbocycles. The van der Waals surface area contributed by atoms with Crippen LogP contribution < -0.4 is 5.32 Å². The van der Waals surface area contributed by atoms with Gasteiger partial charge in [0.2, 0.25) is 5.91 Å². The molecule has 0 spiro atoms. The van der Waals surface area contributed by atoms with E-state index in [0.29, 0.717) is 12.5 Å². The van der Waals surface area contributed by atoms with Crippen molar-refractivity contribution < 1.29 is 4.79 Å². The molecular formula is C23H32N2OS. The molecule has 4 heteroatoms. The lowest BCUT2D eigenvalue weighted by molar-refractivity contribution is -0.122. The van der Waals surface area contributed by atoms with Gasteiger partial charge in [-0.25, -0.2) is 0 Å². The van der Waals surface area contributed by atoms with Gasteiger partial charge in [0.25, 0.3) is 0 Å². The second kappa shape index (κ2) is 9.03. The summed E-state index contributed by atoms with van der Waals surface area (Å²) in [6.07, 6.45) is 3.17. The summed E-state index contributed by atoms with van der Waals surface area (Å²) in [6.45, 7) is 11.0. The maximum absolute atomic E-state index is 12.6. The van der Waals surface area contributed by atoms with E-state index in [4.69, 9.17) is 0 Å². The monoisotopic (exact) mass is 384 g/mol. The maximum atomic E-state index is 12.6. The zero-order chi connectivity index (χ0) is 19.4. The molecule has 1 N–H and O–H groups in total. The van der Waals surface area contributed by atoms with Gasteiger partial charge in [-0.15, -0.1) is 11.3 Å². The normalized spacial score (nSPS) is 17.1. The molecule has 0 radical (unpaired) electrons. The number of nitrogens with zero attached hydrogens (tertiary/aromatic N) is 1. The third-order valence-corrected chi connectivity index (χ3v) is 6.71. The molecule has 146 valence electrons. The summed E-state index contributed by atoms with van der Waals surface area (Å²) in [5, 5.41) is 3.11. The molecule has 1 aromatic heterocycles. The van der Waals surface area contributed by atoms with Crippen LogP contribution in [-0.4, -0.2) is 30.4 Å². The van der Waals surface area contributed by atoms with E-state index >= 15 is 0 Å². The summed E-state index contributed by atoms with van der Waals surface area (Å²) in [5.41, 5.74) is 4.35. The number of carbonyl (C=O) groups excluding carboxylic acids is 1. The van der Waals surface area contributed by atoms with Gasteiger partial charge in [-0.05, 0) is 48.8 Å². The molecule has 1 atom stereocenters. The highest BCUT2D eigenvalue weighted by atomic mass is 32.1. The minimum atomic E-state index is 0.143. The highest BCUT2D eigenvalue weighted by Crippen LogP contribution is 2.42. The van der Waals surface area contributed by atoms with Crippen LogP contribution in [0.1, 0.15) is 59.7 Å². The quantitative estimate of drug-likeness (QED) is 0.748. The molecule has 3 nitrogen and oxygen atoms in total. The van der Waals surface area contributed by atoms with Crippen LogP contribution in [0.15, 0.2) is 30.3 Å². The van der Waals surface area contributed by atoms with E-state index in [0.717, 1.165) is 32.4 Å². The summed E-state index contributed by atoms with van der Waals surface area (Å²) >= 11 is 1.92. The number of hydrogen-bond donors (Lipinski definition) is 1. The molecule has 27 heavy (non-hydrogen) atoms. The topological polar surface area (TPSA) is 32.3 Å². The molecule has 1 aliphatic rings. The first-order valence-electron chi connectivity index (χ1n) is 10.2. The molecular weight excluding hydrogens is 352 g/mol. The lowest BCUT2D eigenvalue weighted by Crippen LogP contribution is -2.43. The van der Waals surface area contributed by atoms with Crippen molar-refractivity contribution in [1.29, 1.82) is 0 Å². The summed E-state index contributed by atoms with van der Waals surface area (Å²) in [5.74, 6) is 0.755. The Balaban J connectivity index is 1.84. The molecule has 0 bridgehead atoms. The van der Waals surface area contributed by atoms with Crippen LogP contribution in [0.2, 0.25) is 0 Å². The minimum absolute atomic E-state index is 0.143. The molecule has 0 aliphatic carbocycles. The number of benzene rings is 1. The van der Waals surface area contributed by atoms with E-state index in [9.17, 15) is 4.79 Å². The predicted molar refractivity (Wildman–Crippen MR) is 114 cm³/mol. The highest BCUT2D eigenvalue weighted by Gasteiger charge is 2.33. The highest BCUT2D eigenvalue weighted by molar-refractivity contribution is 7.12. The molecule has 2 heterocycles. The van der Waals surface area contributed by atoms with Crippen molar-refractivity contribution in [3.63, 3.8) is 0 Å². The van der Waals surface area contributed by atoms with Gasteiger partial charge in [-0.3, -0.25) is 9.69 Å². The number of nitrogens with one attached hydrogen (secondary N) is 1. The maximum Gasteiger partial charge on any atom is 0.234 e. The third kappa shape index (κ3) is 4.61. The number of amides is 1. The molecule has 0 saturated carbocycles. The van der Waals surface area contributed by atoms with Gasteiger partial charge in [0.15, 0.2) is 0 Å². The Morgan fingerprint density at radius 1 is 1.30 bits per heavy atom. The van der Waals surface area contributed by atoms with Gasteiger partial charge in [0.1, 0.15) is 0 Å². The van der Waals surface area contributed by atoms with Crippen LogP contribution >= 0.6 is 11.3 Å². The van der Waals surface area contributed by atoms with Crippen molar-refractivity contribution in [2.75, 3.05) is 19.6 Å². The fourth-order valence-corrected chi connectivity index (χ4v) is 5.53. The number of hydrogen-bond acceptors (Lipinski definition) is 3. The van der Waals surface area contributed by atoms with Crippen LogP contribution in [0, 0.1) is 12.8 Å². The van der Waals surface area contributed by atoms with Crippen LogP contribution in [0.25, 0.3) is 0 Å². The number of aryl methyl sites for hydroxylation is 1. The zero-order valence-electron chi connectivity index (χ0n) is 17.0. The second-order valence-corrected chi connectivity index (χ2v) is 9.16. The van der Waals surface area contributed by atoms with Gasteiger partial charge < -0.3 is 5.32 Å². The Morgan fingerprint density at radius 3 is 2.70 bits per heavy atom. The summed E-state index contributed by atoms with van der Waals surface area (Å²) in [6, 6.07) is 10.9. The van der Waals surface area contributed by atoms with Crippen LogP contribution in [0.5, 0.6) is 0 Å². The van der Waals surface area contributed by atoms with Crippen molar-refractivity contribution in [1.82, 2.24) is 10.2 Å². The summed E-state index contributed by atoms with van der Waals surface area (Å²) in [7, 11) is 0. The molecule has 1 amide bonds. The average molecular weight is 385 g/mol. The third-order valence-electron chi connectivity index (χ3n) is 5.47. The number of thiophene rings is 1. The minimum Gasteiger partial charge on any atom is -0.355 e. The Bertz CT molecular complexity index is 766. The van der Waals surface area contributed by atoms with Crippen molar-refractivity contribution in [2.45, 2.75) is 53.0 Å². The Morgan fingerprint density at radius 2 is 2.04 bits per heavy atom. The van der Waals surface area contributed by atoms with Gasteiger partial charge >= 0.3 is 0 Å². The Kier molecular flexibility index (Phi) is 6.72. The van der Waals surface area contributed by atoms with Gasteiger partial charge in [0, 0.05) is 22.8 Å². The van der Waals surface area contributed by atoms with Crippen molar-refractivity contribution in [3.05, 3.63) is 56.8 Å². The first-order valence-corrected chi connectivity index (χ1v) is 11.0. The molecule has 0 saturated heterocycles. The largest absolute Gasteiger partial charge is 0.355 e. The SMILES string of the molecule is CCc1c(C)sc2c1CCN(CC(=O)NCCC(C)C)C2c1ccccc1. The van der Waals surface area contributed by atoms with E-state index < -0.39 is 0 Å². The first-order chi connectivity index (χ1) is 13.0. The average Bonchev–Trinajstić information content (AvgIpc) is 2.96. The van der Waals surface area contributed by atoms with E-state index in [1.165, 1.54) is 26.4 Å². The molecule has 3 rings (SSSR count). The molecule has 1 unspecified atom stereocenters. The van der Waals surface area contributed by atoms with Crippen LogP contribution in [-0.2, 0) is 17.6 Å². The summed E-state index contributed by atoms with van der Waals surface area (Å²) < 4.78 is 0. The summed E-state index contributed by atoms with van der Waals surface area (Å²) in [4.78, 5) is 17.8. The molecule has 1 aliphatic heterocycles. The number of carbonyl (C=O) groups is 1. The van der Waals surface area contributed by atoms with Gasteiger partial charge in [0.05, 0.1) is 12.6 Å². The standard InChI is InChI=1S/C23H32N2OS/c1-5-19-17(4)27-23-20(19)12-14-25(15-21(26)24-13-11-16(2)3)22(23)18-9-7-6-8-10-18/h6-10,16,22H,5,11-15H2,1-4H3,(H,24,26). The Labute approximate surface area is 167 Å². The molecule has 2 aromatic rings. The van der Waals surface area contributed by atoms with Crippen LogP contribution in [0.3, 0.4) is 0 Å². The Hall–Kier alpha value is -1.65. The van der Waals surface area contributed by atoms with Crippen molar-refractivity contribution >= 4 is 17.2 Å². The van der Waals surface area contributed by atoms with E-state index in [2.05, 4.69) is 68.2 Å². The second-order valence-electron chi connectivity index (χ2n) is 7.90. The van der Waals surface area contributed by atoms with Crippen LogP contribution in [0.4, 0.5) is 0 Å². The van der Waals surface area contributed by atoms with Gasteiger partial charge in [-0.1, -0.05) is 51.1 Å².